The van der Waals surface area contributed by atoms with Crippen LogP contribution in [0.1, 0.15) is 52.4 Å². The predicted octanol–water partition coefficient (Wildman–Crippen LogP) is 3.57. The zero-order chi connectivity index (χ0) is 15.7. The van der Waals surface area contributed by atoms with Gasteiger partial charge in [0.2, 0.25) is 0 Å². The molecule has 22 heavy (non-hydrogen) atoms. The van der Waals surface area contributed by atoms with Gasteiger partial charge < -0.3 is 5.41 Å². The standard InChI is InChI=1S/C19H25NO2/c1-18-10-8-15(21)17(20)14(18)4-3-11-12-5-6-16(22)19(12,2)9-7-13(11)18/h8,10-14,20H,3-7,9H2,1-2H3/t11-,12-,13+,14?,18+,19-/m0/s1. The number of carbonyl (C=O) groups excluding carboxylic acids is 2. The van der Waals surface area contributed by atoms with E-state index in [1.54, 1.807) is 6.08 Å². The van der Waals surface area contributed by atoms with Gasteiger partial charge in [-0.1, -0.05) is 19.9 Å². The molecule has 0 spiro atoms. The highest BCUT2D eigenvalue weighted by Gasteiger charge is 2.60. The Hall–Kier alpha value is -1.25. The number of hydrogen-bond donors (Lipinski definition) is 1. The molecule has 4 aliphatic carbocycles. The molecule has 0 radical (unpaired) electrons. The highest BCUT2D eigenvalue weighted by Crippen LogP contribution is 2.63. The molecule has 0 aromatic rings. The van der Waals surface area contributed by atoms with Crippen molar-refractivity contribution in [2.45, 2.75) is 52.4 Å². The van der Waals surface area contributed by atoms with Crippen molar-refractivity contribution in [3.8, 4) is 0 Å². The van der Waals surface area contributed by atoms with Crippen LogP contribution in [0.5, 0.6) is 0 Å². The van der Waals surface area contributed by atoms with Crippen LogP contribution in [0.3, 0.4) is 0 Å². The zero-order valence-corrected chi connectivity index (χ0v) is 13.5. The van der Waals surface area contributed by atoms with Crippen molar-refractivity contribution in [3.05, 3.63) is 12.2 Å². The highest BCUT2D eigenvalue weighted by molar-refractivity contribution is 6.44. The van der Waals surface area contributed by atoms with E-state index in [0.29, 0.717) is 29.2 Å². The van der Waals surface area contributed by atoms with Crippen molar-refractivity contribution < 1.29 is 9.59 Å². The maximum atomic E-state index is 12.4. The lowest BCUT2D eigenvalue weighted by atomic mass is 9.46. The van der Waals surface area contributed by atoms with Crippen molar-refractivity contribution in [1.29, 1.82) is 5.41 Å². The fraction of sp³-hybridized carbons (Fsp3) is 0.737. The van der Waals surface area contributed by atoms with Gasteiger partial charge in [-0.15, -0.1) is 0 Å². The minimum Gasteiger partial charge on any atom is -0.301 e. The summed E-state index contributed by atoms with van der Waals surface area (Å²) >= 11 is 0. The third-order valence-corrected chi connectivity index (χ3v) is 7.69. The van der Waals surface area contributed by atoms with Crippen molar-refractivity contribution in [2.75, 3.05) is 0 Å². The van der Waals surface area contributed by atoms with Gasteiger partial charge >= 0.3 is 0 Å². The number of rotatable bonds is 0. The molecule has 3 heteroatoms. The minimum atomic E-state index is -0.0994. The molecular weight excluding hydrogens is 274 g/mol. The van der Waals surface area contributed by atoms with E-state index in [2.05, 4.69) is 19.9 Å². The Morgan fingerprint density at radius 1 is 1.09 bits per heavy atom. The molecule has 0 heterocycles. The van der Waals surface area contributed by atoms with Crippen LogP contribution in [0.4, 0.5) is 0 Å². The first-order valence-corrected chi connectivity index (χ1v) is 8.73. The van der Waals surface area contributed by atoms with Gasteiger partial charge in [0.1, 0.15) is 5.78 Å². The molecule has 118 valence electrons. The molecule has 0 bridgehead atoms. The second-order valence-corrected chi connectivity index (χ2v) is 8.40. The summed E-state index contributed by atoms with van der Waals surface area (Å²) in [6, 6.07) is 0. The van der Waals surface area contributed by atoms with Crippen molar-refractivity contribution >= 4 is 17.3 Å². The fourth-order valence-corrected chi connectivity index (χ4v) is 6.37. The molecule has 0 amide bonds. The second-order valence-electron chi connectivity index (χ2n) is 8.40. The summed E-state index contributed by atoms with van der Waals surface area (Å²) in [5.74, 6) is 2.12. The molecule has 1 N–H and O–H groups in total. The SMILES string of the molecule is C[C@]12C=CC(=O)C(=N)C1CC[C@@H]1[C@H]2CC[C@]2(C)C(=O)CC[C@@H]12. The molecule has 3 nitrogen and oxygen atoms in total. The Morgan fingerprint density at radius 3 is 2.64 bits per heavy atom. The normalized spacial score (nSPS) is 50.5. The molecule has 0 aromatic carbocycles. The highest BCUT2D eigenvalue weighted by atomic mass is 16.1. The largest absolute Gasteiger partial charge is 0.301 e. The van der Waals surface area contributed by atoms with Crippen LogP contribution < -0.4 is 0 Å². The zero-order valence-electron chi connectivity index (χ0n) is 13.5. The molecular formula is C19H25NO2. The molecule has 0 aliphatic heterocycles. The van der Waals surface area contributed by atoms with Crippen molar-refractivity contribution in [2.24, 2.45) is 34.5 Å². The summed E-state index contributed by atoms with van der Waals surface area (Å²) in [5, 5.41) is 8.21. The maximum absolute atomic E-state index is 12.4. The monoisotopic (exact) mass is 299 g/mol. The lowest BCUT2D eigenvalue weighted by molar-refractivity contribution is -0.133. The lowest BCUT2D eigenvalue weighted by Crippen LogP contribution is -2.54. The third-order valence-electron chi connectivity index (χ3n) is 7.69. The van der Waals surface area contributed by atoms with Gasteiger partial charge in [-0.25, -0.2) is 0 Å². The van der Waals surface area contributed by atoms with Crippen LogP contribution in [0.2, 0.25) is 0 Å². The summed E-state index contributed by atoms with van der Waals surface area (Å²) in [4.78, 5) is 24.2. The summed E-state index contributed by atoms with van der Waals surface area (Å²) in [6.45, 7) is 4.45. The van der Waals surface area contributed by atoms with Gasteiger partial charge in [0.15, 0.2) is 5.78 Å². The number of nitrogens with one attached hydrogen (secondary N) is 1. The second kappa shape index (κ2) is 4.39. The number of Topliss-reactive ketones (excluding diaryl/α,β-unsaturated/α-hetero) is 1. The quantitative estimate of drug-likeness (QED) is 0.743. The summed E-state index contributed by atoms with van der Waals surface area (Å²) in [6.07, 6.45) is 9.64. The molecule has 6 atom stereocenters. The average molecular weight is 299 g/mol. The summed E-state index contributed by atoms with van der Waals surface area (Å²) in [7, 11) is 0. The van der Waals surface area contributed by atoms with Gasteiger partial charge in [0, 0.05) is 17.8 Å². The molecule has 3 saturated carbocycles. The average Bonchev–Trinajstić information content (AvgIpc) is 2.79. The van der Waals surface area contributed by atoms with E-state index in [0.717, 1.165) is 38.5 Å². The van der Waals surface area contributed by atoms with Crippen LogP contribution in [0.15, 0.2) is 12.2 Å². The topological polar surface area (TPSA) is 58.0 Å². The van der Waals surface area contributed by atoms with Crippen molar-refractivity contribution in [1.82, 2.24) is 0 Å². The first-order valence-electron chi connectivity index (χ1n) is 8.73. The van der Waals surface area contributed by atoms with E-state index < -0.39 is 0 Å². The lowest BCUT2D eigenvalue weighted by Gasteiger charge is -2.57. The Bertz CT molecular complexity index is 607. The summed E-state index contributed by atoms with van der Waals surface area (Å²) in [5.41, 5.74) is 0.173. The van der Waals surface area contributed by atoms with Gasteiger partial charge in [-0.3, -0.25) is 9.59 Å². The molecule has 1 unspecified atom stereocenters. The van der Waals surface area contributed by atoms with E-state index in [1.165, 1.54) is 0 Å². The van der Waals surface area contributed by atoms with Gasteiger partial charge in [-0.05, 0) is 61.3 Å². The van der Waals surface area contributed by atoms with E-state index in [4.69, 9.17) is 5.41 Å². The number of hydrogen-bond acceptors (Lipinski definition) is 3. The Balaban J connectivity index is 1.72. The number of allylic oxidation sites excluding steroid dienone is 2. The smallest absolute Gasteiger partial charge is 0.199 e. The molecule has 0 saturated heterocycles. The predicted molar refractivity (Wildman–Crippen MR) is 84.8 cm³/mol. The number of fused-ring (bicyclic) bond motifs is 5. The summed E-state index contributed by atoms with van der Waals surface area (Å²) < 4.78 is 0. The minimum absolute atomic E-state index is 0.0547. The van der Waals surface area contributed by atoms with Gasteiger partial charge in [0.05, 0.1) is 5.71 Å². The van der Waals surface area contributed by atoms with E-state index in [9.17, 15) is 9.59 Å². The van der Waals surface area contributed by atoms with Crippen molar-refractivity contribution in [3.63, 3.8) is 0 Å². The Kier molecular flexibility index (Phi) is 2.87. The molecule has 4 rings (SSSR count). The third kappa shape index (κ3) is 1.60. The molecule has 0 aromatic heterocycles. The van der Waals surface area contributed by atoms with E-state index >= 15 is 0 Å². The Morgan fingerprint density at radius 2 is 1.86 bits per heavy atom. The first kappa shape index (κ1) is 14.3. The van der Waals surface area contributed by atoms with Gasteiger partial charge in [0.25, 0.3) is 0 Å². The first-order chi connectivity index (χ1) is 10.4. The van der Waals surface area contributed by atoms with Crippen LogP contribution in [0, 0.1) is 39.9 Å². The Labute approximate surface area is 132 Å². The van der Waals surface area contributed by atoms with E-state index in [1.807, 2.05) is 0 Å². The van der Waals surface area contributed by atoms with Crippen LogP contribution in [-0.4, -0.2) is 17.3 Å². The fourth-order valence-electron chi connectivity index (χ4n) is 6.37. The van der Waals surface area contributed by atoms with Crippen LogP contribution >= 0.6 is 0 Å². The number of carbonyl (C=O) groups is 2. The maximum Gasteiger partial charge on any atom is 0.199 e. The van der Waals surface area contributed by atoms with Crippen LogP contribution in [-0.2, 0) is 9.59 Å². The van der Waals surface area contributed by atoms with Gasteiger partial charge in [-0.2, -0.15) is 0 Å². The number of ketones is 2. The molecule has 3 fully saturated rings. The molecule has 4 aliphatic rings. The van der Waals surface area contributed by atoms with Crippen LogP contribution in [0.25, 0.3) is 0 Å². The van der Waals surface area contributed by atoms with E-state index in [-0.39, 0.29) is 22.5 Å².